The van der Waals surface area contributed by atoms with E-state index in [4.69, 9.17) is 4.74 Å². The Labute approximate surface area is 83.5 Å². The molecule has 0 bridgehead atoms. The Morgan fingerprint density at radius 1 is 1.23 bits per heavy atom. The van der Waals surface area contributed by atoms with Crippen molar-refractivity contribution in [2.45, 2.75) is 23.3 Å². The van der Waals surface area contributed by atoms with Crippen molar-refractivity contribution in [3.05, 3.63) is 29.8 Å². The lowest BCUT2D eigenvalue weighted by Crippen LogP contribution is -2.08. The van der Waals surface area contributed by atoms with Gasteiger partial charge < -0.3 is 4.74 Å². The maximum atomic E-state index is 5.50. The Bertz CT molecular complexity index is 287. The molecule has 0 spiro atoms. The Morgan fingerprint density at radius 3 is 2.23 bits per heavy atom. The van der Waals surface area contributed by atoms with Gasteiger partial charge in [-0.15, -0.1) is 11.8 Å². The van der Waals surface area contributed by atoms with E-state index in [1.54, 1.807) is 18.9 Å². The van der Waals surface area contributed by atoms with E-state index in [9.17, 15) is 0 Å². The molecule has 0 unspecified atom stereocenters. The molecule has 2 rings (SSSR count). The van der Waals surface area contributed by atoms with E-state index in [-0.39, 0.29) is 5.60 Å². The quantitative estimate of drug-likeness (QED) is 0.684. The Hall–Kier alpha value is -0.470. The molecule has 1 aliphatic rings. The lowest BCUT2D eigenvalue weighted by atomic mass is 10.1. The largest absolute Gasteiger partial charge is 0.374 e. The van der Waals surface area contributed by atoms with E-state index in [0.29, 0.717) is 0 Å². The number of methoxy groups -OCH3 is 1. The van der Waals surface area contributed by atoms with Crippen molar-refractivity contribution in [3.8, 4) is 0 Å². The molecular formula is C11H14OS. The second kappa shape index (κ2) is 3.35. The molecule has 1 nitrogen and oxygen atoms in total. The maximum absolute atomic E-state index is 5.50. The summed E-state index contributed by atoms with van der Waals surface area (Å²) >= 11 is 1.78. The third-order valence-corrected chi connectivity index (χ3v) is 3.45. The van der Waals surface area contributed by atoms with Crippen LogP contribution in [0.1, 0.15) is 18.4 Å². The summed E-state index contributed by atoms with van der Waals surface area (Å²) in [7, 11) is 1.80. The van der Waals surface area contributed by atoms with Crippen LogP contribution in [0.5, 0.6) is 0 Å². The van der Waals surface area contributed by atoms with Crippen molar-refractivity contribution in [3.63, 3.8) is 0 Å². The van der Waals surface area contributed by atoms with Gasteiger partial charge in [0.25, 0.3) is 0 Å². The fourth-order valence-corrected chi connectivity index (χ4v) is 2.03. The summed E-state index contributed by atoms with van der Waals surface area (Å²) in [4.78, 5) is 1.32. The fraction of sp³-hybridized carbons (Fsp3) is 0.455. The number of rotatable bonds is 3. The fourth-order valence-electron chi connectivity index (χ4n) is 1.62. The van der Waals surface area contributed by atoms with E-state index < -0.39 is 0 Å². The average molecular weight is 194 g/mol. The Morgan fingerprint density at radius 2 is 1.85 bits per heavy atom. The number of benzene rings is 1. The lowest BCUT2D eigenvalue weighted by molar-refractivity contribution is 0.0789. The summed E-state index contributed by atoms with van der Waals surface area (Å²) in [5.41, 5.74) is 1.39. The highest BCUT2D eigenvalue weighted by Crippen LogP contribution is 2.48. The standard InChI is InChI=1S/C11H14OS/c1-12-11(7-8-11)9-3-5-10(13-2)6-4-9/h3-6H,7-8H2,1-2H3. The van der Waals surface area contributed by atoms with Gasteiger partial charge in [-0.1, -0.05) is 12.1 Å². The van der Waals surface area contributed by atoms with E-state index >= 15 is 0 Å². The van der Waals surface area contributed by atoms with Gasteiger partial charge in [-0.3, -0.25) is 0 Å². The van der Waals surface area contributed by atoms with Crippen molar-refractivity contribution in [2.75, 3.05) is 13.4 Å². The lowest BCUT2D eigenvalue weighted by Gasteiger charge is -2.13. The van der Waals surface area contributed by atoms with Crippen molar-refractivity contribution >= 4 is 11.8 Å². The van der Waals surface area contributed by atoms with Crippen LogP contribution >= 0.6 is 11.8 Å². The van der Waals surface area contributed by atoms with Crippen LogP contribution in [0.2, 0.25) is 0 Å². The molecule has 70 valence electrons. The van der Waals surface area contributed by atoms with Gasteiger partial charge in [-0.25, -0.2) is 0 Å². The van der Waals surface area contributed by atoms with Gasteiger partial charge in [0, 0.05) is 12.0 Å². The smallest absolute Gasteiger partial charge is 0.0929 e. The maximum Gasteiger partial charge on any atom is 0.0929 e. The van der Waals surface area contributed by atoms with Crippen molar-refractivity contribution in [1.82, 2.24) is 0 Å². The molecule has 0 amide bonds. The summed E-state index contributed by atoms with van der Waals surface area (Å²) in [5.74, 6) is 0. The third kappa shape index (κ3) is 1.61. The molecule has 0 aromatic heterocycles. The SMILES string of the molecule is COC1(c2ccc(SC)cc2)CC1. The molecule has 0 atom stereocenters. The van der Waals surface area contributed by atoms with Gasteiger partial charge in [-0.05, 0) is 36.8 Å². The Balaban J connectivity index is 2.23. The molecule has 1 aromatic rings. The molecule has 2 heteroatoms. The zero-order chi connectivity index (χ0) is 9.31. The van der Waals surface area contributed by atoms with Crippen molar-refractivity contribution < 1.29 is 4.74 Å². The normalized spacial score (nSPS) is 18.6. The number of hydrogen-bond donors (Lipinski definition) is 0. The van der Waals surface area contributed by atoms with Gasteiger partial charge in [0.15, 0.2) is 0 Å². The number of ether oxygens (including phenoxy) is 1. The van der Waals surface area contributed by atoms with Crippen LogP contribution in [-0.2, 0) is 10.3 Å². The van der Waals surface area contributed by atoms with Crippen molar-refractivity contribution in [1.29, 1.82) is 0 Å². The van der Waals surface area contributed by atoms with Gasteiger partial charge >= 0.3 is 0 Å². The molecule has 1 saturated carbocycles. The molecular weight excluding hydrogens is 180 g/mol. The predicted octanol–water partition coefficient (Wildman–Crippen LogP) is 3.04. The molecule has 0 N–H and O–H groups in total. The molecule has 0 heterocycles. The molecule has 1 fully saturated rings. The summed E-state index contributed by atoms with van der Waals surface area (Å²) in [6, 6.07) is 8.70. The molecule has 1 aliphatic carbocycles. The van der Waals surface area contributed by atoms with Gasteiger partial charge in [0.05, 0.1) is 5.60 Å². The van der Waals surface area contributed by atoms with Crippen LogP contribution in [0.15, 0.2) is 29.2 Å². The predicted molar refractivity (Wildman–Crippen MR) is 56.1 cm³/mol. The Kier molecular flexibility index (Phi) is 2.35. The van der Waals surface area contributed by atoms with Crippen LogP contribution in [0.4, 0.5) is 0 Å². The van der Waals surface area contributed by atoms with Gasteiger partial charge in [0.1, 0.15) is 0 Å². The second-order valence-electron chi connectivity index (χ2n) is 3.43. The average Bonchev–Trinajstić information content (AvgIpc) is 2.99. The van der Waals surface area contributed by atoms with Crippen molar-refractivity contribution in [2.24, 2.45) is 0 Å². The van der Waals surface area contributed by atoms with E-state index in [2.05, 4.69) is 30.5 Å². The van der Waals surface area contributed by atoms with Crippen LogP contribution in [-0.4, -0.2) is 13.4 Å². The minimum Gasteiger partial charge on any atom is -0.374 e. The van der Waals surface area contributed by atoms with E-state index in [1.807, 2.05) is 0 Å². The van der Waals surface area contributed by atoms with Crippen LogP contribution in [0, 0.1) is 0 Å². The first-order valence-corrected chi connectivity index (χ1v) is 5.73. The first kappa shape index (κ1) is 9.10. The van der Waals surface area contributed by atoms with E-state index in [1.165, 1.54) is 23.3 Å². The minimum absolute atomic E-state index is 0.0664. The summed E-state index contributed by atoms with van der Waals surface area (Å²) in [6.07, 6.45) is 4.43. The zero-order valence-corrected chi connectivity index (χ0v) is 8.86. The number of hydrogen-bond acceptors (Lipinski definition) is 2. The first-order chi connectivity index (χ1) is 6.30. The highest BCUT2D eigenvalue weighted by molar-refractivity contribution is 7.98. The van der Waals surface area contributed by atoms with Crippen LogP contribution in [0.3, 0.4) is 0 Å². The number of thioether (sulfide) groups is 1. The second-order valence-corrected chi connectivity index (χ2v) is 4.31. The molecule has 0 aliphatic heterocycles. The summed E-state index contributed by atoms with van der Waals surface area (Å²) < 4.78 is 5.50. The summed E-state index contributed by atoms with van der Waals surface area (Å²) in [5, 5.41) is 0. The first-order valence-electron chi connectivity index (χ1n) is 4.50. The summed E-state index contributed by atoms with van der Waals surface area (Å²) in [6.45, 7) is 0. The zero-order valence-electron chi connectivity index (χ0n) is 8.04. The third-order valence-electron chi connectivity index (χ3n) is 2.71. The van der Waals surface area contributed by atoms with E-state index in [0.717, 1.165) is 0 Å². The topological polar surface area (TPSA) is 9.23 Å². The highest BCUT2D eigenvalue weighted by Gasteiger charge is 2.44. The highest BCUT2D eigenvalue weighted by atomic mass is 32.2. The van der Waals surface area contributed by atoms with Crippen LogP contribution < -0.4 is 0 Å². The molecule has 0 saturated heterocycles. The minimum atomic E-state index is 0.0664. The molecule has 0 radical (unpaired) electrons. The van der Waals surface area contributed by atoms with Crippen LogP contribution in [0.25, 0.3) is 0 Å². The molecule has 13 heavy (non-hydrogen) atoms. The monoisotopic (exact) mass is 194 g/mol. The van der Waals surface area contributed by atoms with Gasteiger partial charge in [0.2, 0.25) is 0 Å². The molecule has 1 aromatic carbocycles. The van der Waals surface area contributed by atoms with Gasteiger partial charge in [-0.2, -0.15) is 0 Å².